The predicted molar refractivity (Wildman–Crippen MR) is 74.3 cm³/mol. The van der Waals surface area contributed by atoms with Crippen LogP contribution in [0.3, 0.4) is 0 Å². The second kappa shape index (κ2) is 5.60. The standard InChI is InChI=1S/C15H28N2O/c1-15(2,3)12-6-4-11(5-7-12)14(18)17-13-8-9-16-10-13/h11-13,16H,4-10H2,1-3H3,(H,17,18). The molecule has 1 aliphatic carbocycles. The minimum Gasteiger partial charge on any atom is -0.352 e. The van der Waals surface area contributed by atoms with Crippen LogP contribution < -0.4 is 10.6 Å². The van der Waals surface area contributed by atoms with Crippen LogP contribution >= 0.6 is 0 Å². The molecule has 1 aliphatic heterocycles. The molecule has 0 aromatic carbocycles. The molecule has 104 valence electrons. The fraction of sp³-hybridized carbons (Fsp3) is 0.933. The van der Waals surface area contributed by atoms with Crippen molar-refractivity contribution < 1.29 is 4.79 Å². The molecule has 0 aromatic rings. The zero-order valence-corrected chi connectivity index (χ0v) is 12.1. The number of carbonyl (C=O) groups excluding carboxylic acids is 1. The SMILES string of the molecule is CC(C)(C)C1CCC(C(=O)NC2CCNC2)CC1. The molecule has 1 saturated carbocycles. The van der Waals surface area contributed by atoms with Crippen molar-refractivity contribution in [3.8, 4) is 0 Å². The van der Waals surface area contributed by atoms with E-state index in [9.17, 15) is 4.79 Å². The molecule has 3 nitrogen and oxygen atoms in total. The van der Waals surface area contributed by atoms with Crippen LogP contribution in [0.4, 0.5) is 0 Å². The van der Waals surface area contributed by atoms with Crippen molar-refractivity contribution in [3.05, 3.63) is 0 Å². The lowest BCUT2D eigenvalue weighted by Crippen LogP contribution is -2.41. The highest BCUT2D eigenvalue weighted by Crippen LogP contribution is 2.39. The molecule has 2 N–H and O–H groups in total. The summed E-state index contributed by atoms with van der Waals surface area (Å²) < 4.78 is 0. The van der Waals surface area contributed by atoms with Crippen LogP contribution in [-0.4, -0.2) is 25.0 Å². The highest BCUT2D eigenvalue weighted by Gasteiger charge is 2.33. The molecule has 3 heteroatoms. The summed E-state index contributed by atoms with van der Waals surface area (Å²) in [4.78, 5) is 12.2. The van der Waals surface area contributed by atoms with E-state index in [-0.39, 0.29) is 5.92 Å². The van der Waals surface area contributed by atoms with Gasteiger partial charge in [-0.3, -0.25) is 4.79 Å². The smallest absolute Gasteiger partial charge is 0.223 e. The van der Waals surface area contributed by atoms with Gasteiger partial charge in [-0.05, 0) is 50.0 Å². The zero-order chi connectivity index (χ0) is 13.2. The Balaban J connectivity index is 1.76. The Labute approximate surface area is 111 Å². The van der Waals surface area contributed by atoms with Crippen molar-refractivity contribution >= 4 is 5.91 Å². The molecule has 2 rings (SSSR count). The van der Waals surface area contributed by atoms with Crippen LogP contribution in [0.5, 0.6) is 0 Å². The van der Waals surface area contributed by atoms with Crippen molar-refractivity contribution in [1.82, 2.24) is 10.6 Å². The van der Waals surface area contributed by atoms with Crippen LogP contribution in [0.15, 0.2) is 0 Å². The van der Waals surface area contributed by atoms with Gasteiger partial charge in [-0.2, -0.15) is 0 Å². The van der Waals surface area contributed by atoms with Gasteiger partial charge in [-0.15, -0.1) is 0 Å². The van der Waals surface area contributed by atoms with Crippen molar-refractivity contribution in [1.29, 1.82) is 0 Å². The van der Waals surface area contributed by atoms with Gasteiger partial charge in [0.25, 0.3) is 0 Å². The monoisotopic (exact) mass is 252 g/mol. The summed E-state index contributed by atoms with van der Waals surface area (Å²) in [5.74, 6) is 1.36. The zero-order valence-electron chi connectivity index (χ0n) is 12.1. The summed E-state index contributed by atoms with van der Waals surface area (Å²) in [6.45, 7) is 8.96. The van der Waals surface area contributed by atoms with Gasteiger partial charge >= 0.3 is 0 Å². The third-order valence-corrected chi connectivity index (χ3v) is 4.73. The first-order valence-electron chi connectivity index (χ1n) is 7.48. The Kier molecular flexibility index (Phi) is 4.31. The van der Waals surface area contributed by atoms with Gasteiger partial charge in [0.2, 0.25) is 5.91 Å². The lowest BCUT2D eigenvalue weighted by molar-refractivity contribution is -0.127. The van der Waals surface area contributed by atoms with Gasteiger partial charge < -0.3 is 10.6 Å². The third-order valence-electron chi connectivity index (χ3n) is 4.73. The Morgan fingerprint density at radius 3 is 2.28 bits per heavy atom. The number of carbonyl (C=O) groups is 1. The second-order valence-electron chi connectivity index (χ2n) is 7.11. The van der Waals surface area contributed by atoms with Crippen molar-refractivity contribution in [2.75, 3.05) is 13.1 Å². The molecule has 1 heterocycles. The summed E-state index contributed by atoms with van der Waals surface area (Å²) >= 11 is 0. The van der Waals surface area contributed by atoms with Gasteiger partial charge in [0.15, 0.2) is 0 Å². The molecule has 2 aliphatic rings. The first-order valence-corrected chi connectivity index (χ1v) is 7.48. The third kappa shape index (κ3) is 3.47. The molecule has 2 fully saturated rings. The fourth-order valence-electron chi connectivity index (χ4n) is 3.32. The minimum atomic E-state index is 0.268. The Morgan fingerprint density at radius 2 is 1.78 bits per heavy atom. The van der Waals surface area contributed by atoms with E-state index in [0.717, 1.165) is 38.3 Å². The molecule has 1 saturated heterocycles. The summed E-state index contributed by atoms with van der Waals surface area (Å²) in [6, 6.07) is 0.373. The van der Waals surface area contributed by atoms with E-state index >= 15 is 0 Å². The van der Waals surface area contributed by atoms with Gasteiger partial charge in [0.05, 0.1) is 0 Å². The predicted octanol–water partition coefficient (Wildman–Crippen LogP) is 2.32. The summed E-state index contributed by atoms with van der Waals surface area (Å²) in [6.07, 6.45) is 5.67. The van der Waals surface area contributed by atoms with E-state index in [1.54, 1.807) is 0 Å². The highest BCUT2D eigenvalue weighted by molar-refractivity contribution is 5.79. The van der Waals surface area contributed by atoms with Gasteiger partial charge in [0, 0.05) is 18.5 Å². The topological polar surface area (TPSA) is 41.1 Å². The average Bonchev–Trinajstić information content (AvgIpc) is 2.81. The lowest BCUT2D eigenvalue weighted by atomic mass is 9.69. The maximum atomic E-state index is 12.2. The number of rotatable bonds is 2. The lowest BCUT2D eigenvalue weighted by Gasteiger charge is -2.36. The van der Waals surface area contributed by atoms with Crippen LogP contribution in [0, 0.1) is 17.3 Å². The molecule has 0 bridgehead atoms. The van der Waals surface area contributed by atoms with E-state index in [2.05, 4.69) is 31.4 Å². The Bertz CT molecular complexity index is 281. The number of nitrogens with one attached hydrogen (secondary N) is 2. The fourth-order valence-corrected chi connectivity index (χ4v) is 3.32. The molecule has 0 aromatic heterocycles. The summed E-state index contributed by atoms with van der Waals surface area (Å²) in [7, 11) is 0. The van der Waals surface area contributed by atoms with Crippen molar-refractivity contribution in [2.24, 2.45) is 17.3 Å². The van der Waals surface area contributed by atoms with Gasteiger partial charge in [-0.1, -0.05) is 20.8 Å². The van der Waals surface area contributed by atoms with E-state index in [1.165, 1.54) is 12.8 Å². The maximum absolute atomic E-state index is 12.2. The largest absolute Gasteiger partial charge is 0.352 e. The molecule has 0 radical (unpaired) electrons. The summed E-state index contributed by atoms with van der Waals surface area (Å²) in [5, 5.41) is 6.49. The van der Waals surface area contributed by atoms with E-state index < -0.39 is 0 Å². The van der Waals surface area contributed by atoms with E-state index in [4.69, 9.17) is 0 Å². The van der Waals surface area contributed by atoms with Crippen LogP contribution in [-0.2, 0) is 4.79 Å². The number of hydrogen-bond acceptors (Lipinski definition) is 2. The molecule has 1 atom stereocenters. The average molecular weight is 252 g/mol. The minimum absolute atomic E-state index is 0.268. The molecule has 1 amide bonds. The highest BCUT2D eigenvalue weighted by atomic mass is 16.1. The Morgan fingerprint density at radius 1 is 1.11 bits per heavy atom. The van der Waals surface area contributed by atoms with Crippen LogP contribution in [0.2, 0.25) is 0 Å². The molecule has 18 heavy (non-hydrogen) atoms. The molecular formula is C15H28N2O. The Hall–Kier alpha value is -0.570. The van der Waals surface area contributed by atoms with Crippen molar-refractivity contribution in [3.63, 3.8) is 0 Å². The van der Waals surface area contributed by atoms with E-state index in [0.29, 0.717) is 17.4 Å². The molecule has 1 unspecified atom stereocenters. The van der Waals surface area contributed by atoms with Gasteiger partial charge in [0.1, 0.15) is 0 Å². The second-order valence-corrected chi connectivity index (χ2v) is 7.11. The molecule has 0 spiro atoms. The van der Waals surface area contributed by atoms with Crippen molar-refractivity contribution in [2.45, 2.75) is 58.9 Å². The number of amides is 1. The van der Waals surface area contributed by atoms with Crippen LogP contribution in [0.1, 0.15) is 52.9 Å². The van der Waals surface area contributed by atoms with E-state index in [1.807, 2.05) is 0 Å². The normalized spacial score (nSPS) is 33.4. The quantitative estimate of drug-likeness (QED) is 0.792. The number of hydrogen-bond donors (Lipinski definition) is 2. The first-order chi connectivity index (χ1) is 8.47. The van der Waals surface area contributed by atoms with Gasteiger partial charge in [-0.25, -0.2) is 0 Å². The van der Waals surface area contributed by atoms with Crippen LogP contribution in [0.25, 0.3) is 0 Å². The summed E-state index contributed by atoms with van der Waals surface area (Å²) in [5.41, 5.74) is 0.400. The first kappa shape index (κ1) is 13.9. The maximum Gasteiger partial charge on any atom is 0.223 e. The molecular weight excluding hydrogens is 224 g/mol.